The second-order valence-corrected chi connectivity index (χ2v) is 7.12. The number of nitrogens with one attached hydrogen (secondary N) is 1. The Balaban J connectivity index is 1.27. The lowest BCUT2D eigenvalue weighted by Crippen LogP contribution is -2.53. The van der Waals surface area contributed by atoms with Crippen LogP contribution in [0.15, 0.2) is 42.5 Å². The minimum Gasteiger partial charge on any atom is -0.508 e. The Labute approximate surface area is 164 Å². The summed E-state index contributed by atoms with van der Waals surface area (Å²) in [5.41, 5.74) is 2.08. The Hall–Kier alpha value is -2.93. The van der Waals surface area contributed by atoms with E-state index >= 15 is 0 Å². The Morgan fingerprint density at radius 3 is 2.54 bits per heavy atom. The molecule has 0 aromatic heterocycles. The second kappa shape index (κ2) is 7.98. The molecule has 0 saturated carbocycles. The molecule has 1 saturated heterocycles. The van der Waals surface area contributed by atoms with E-state index in [0.717, 1.165) is 48.9 Å². The quantitative estimate of drug-likeness (QED) is 0.822. The van der Waals surface area contributed by atoms with E-state index in [1.54, 1.807) is 12.1 Å². The van der Waals surface area contributed by atoms with Gasteiger partial charge in [0.05, 0.1) is 6.04 Å². The molecular weight excluding hydrogens is 358 g/mol. The predicted octanol–water partition coefficient (Wildman–Crippen LogP) is 1.95. The fourth-order valence-corrected chi connectivity index (χ4v) is 3.58. The molecule has 28 heavy (non-hydrogen) atoms. The highest BCUT2D eigenvalue weighted by atomic mass is 16.7. The van der Waals surface area contributed by atoms with E-state index in [-0.39, 0.29) is 24.5 Å². The molecule has 0 bridgehead atoms. The molecule has 2 heterocycles. The first-order valence-electron chi connectivity index (χ1n) is 9.54. The zero-order valence-electron chi connectivity index (χ0n) is 15.9. The van der Waals surface area contributed by atoms with E-state index in [4.69, 9.17) is 9.47 Å². The smallest absolute Gasteiger partial charge is 0.237 e. The summed E-state index contributed by atoms with van der Waals surface area (Å²) in [6.07, 6.45) is 0. The summed E-state index contributed by atoms with van der Waals surface area (Å²) in [4.78, 5) is 17.1. The Bertz CT molecular complexity index is 832. The van der Waals surface area contributed by atoms with Crippen molar-refractivity contribution < 1.29 is 19.4 Å². The van der Waals surface area contributed by atoms with Crippen LogP contribution in [-0.2, 0) is 11.3 Å². The van der Waals surface area contributed by atoms with Crippen molar-refractivity contribution in [3.05, 3.63) is 48.0 Å². The molecule has 2 aliphatic rings. The lowest BCUT2D eigenvalue weighted by atomic mass is 10.1. The maximum atomic E-state index is 12.6. The van der Waals surface area contributed by atoms with Crippen LogP contribution in [0, 0.1) is 0 Å². The standard InChI is InChI=1S/C21H25N3O4/c1-15(21(26)22-13-16-2-7-19-20(12-16)28-14-27-19)23-8-10-24(11-9-23)17-3-5-18(25)6-4-17/h2-7,12,15,25H,8-11,13-14H2,1H3,(H,22,26)/t15-/m0/s1. The van der Waals surface area contributed by atoms with Gasteiger partial charge in [-0.1, -0.05) is 6.07 Å². The number of fused-ring (bicyclic) bond motifs is 1. The number of carbonyl (C=O) groups excluding carboxylic acids is 1. The number of phenolic OH excluding ortho intramolecular Hbond substituents is 1. The molecular formula is C21H25N3O4. The molecule has 0 spiro atoms. The van der Waals surface area contributed by atoms with Crippen LogP contribution in [0.25, 0.3) is 0 Å². The van der Waals surface area contributed by atoms with Crippen LogP contribution in [0.2, 0.25) is 0 Å². The molecule has 0 radical (unpaired) electrons. The summed E-state index contributed by atoms with van der Waals surface area (Å²) in [5.74, 6) is 1.77. The van der Waals surface area contributed by atoms with Crippen molar-refractivity contribution in [2.75, 3.05) is 37.9 Å². The lowest BCUT2D eigenvalue weighted by molar-refractivity contribution is -0.126. The molecule has 1 fully saturated rings. The Morgan fingerprint density at radius 2 is 1.79 bits per heavy atom. The van der Waals surface area contributed by atoms with Gasteiger partial charge in [-0.3, -0.25) is 9.69 Å². The van der Waals surface area contributed by atoms with Crippen LogP contribution in [0.5, 0.6) is 17.2 Å². The van der Waals surface area contributed by atoms with Gasteiger partial charge in [-0.2, -0.15) is 0 Å². The highest BCUT2D eigenvalue weighted by molar-refractivity contribution is 5.81. The van der Waals surface area contributed by atoms with Crippen LogP contribution in [0.4, 0.5) is 5.69 Å². The van der Waals surface area contributed by atoms with Crippen molar-refractivity contribution >= 4 is 11.6 Å². The van der Waals surface area contributed by atoms with Gasteiger partial charge in [-0.25, -0.2) is 0 Å². The summed E-state index contributed by atoms with van der Waals surface area (Å²) in [7, 11) is 0. The first-order valence-corrected chi connectivity index (χ1v) is 9.54. The fourth-order valence-electron chi connectivity index (χ4n) is 3.58. The van der Waals surface area contributed by atoms with E-state index in [1.807, 2.05) is 37.3 Å². The van der Waals surface area contributed by atoms with Gasteiger partial charge in [0.15, 0.2) is 11.5 Å². The summed E-state index contributed by atoms with van der Waals surface area (Å²) in [5, 5.41) is 12.4. The highest BCUT2D eigenvalue weighted by Crippen LogP contribution is 2.32. The summed E-state index contributed by atoms with van der Waals surface area (Å²) in [6, 6.07) is 12.8. The summed E-state index contributed by atoms with van der Waals surface area (Å²) in [6.45, 7) is 6.00. The van der Waals surface area contributed by atoms with Crippen molar-refractivity contribution in [2.24, 2.45) is 0 Å². The van der Waals surface area contributed by atoms with Crippen LogP contribution < -0.4 is 19.7 Å². The molecule has 7 nitrogen and oxygen atoms in total. The van der Waals surface area contributed by atoms with Crippen LogP contribution >= 0.6 is 0 Å². The van der Waals surface area contributed by atoms with Gasteiger partial charge >= 0.3 is 0 Å². The van der Waals surface area contributed by atoms with E-state index in [0.29, 0.717) is 6.54 Å². The molecule has 4 rings (SSSR count). The Kier molecular flexibility index (Phi) is 5.25. The molecule has 1 atom stereocenters. The number of hydrogen-bond donors (Lipinski definition) is 2. The number of phenols is 1. The predicted molar refractivity (Wildman–Crippen MR) is 106 cm³/mol. The molecule has 1 amide bonds. The van der Waals surface area contributed by atoms with Gasteiger partial charge in [0, 0.05) is 38.4 Å². The summed E-state index contributed by atoms with van der Waals surface area (Å²) < 4.78 is 10.7. The topological polar surface area (TPSA) is 74.3 Å². The first kappa shape index (κ1) is 18.4. The van der Waals surface area contributed by atoms with Crippen molar-refractivity contribution in [1.29, 1.82) is 0 Å². The largest absolute Gasteiger partial charge is 0.508 e. The average Bonchev–Trinajstić information content (AvgIpc) is 3.20. The second-order valence-electron chi connectivity index (χ2n) is 7.12. The molecule has 0 unspecified atom stereocenters. The van der Waals surface area contributed by atoms with Gasteiger partial charge in [0.2, 0.25) is 12.7 Å². The van der Waals surface area contributed by atoms with Gasteiger partial charge in [0.1, 0.15) is 5.75 Å². The highest BCUT2D eigenvalue weighted by Gasteiger charge is 2.25. The molecule has 148 valence electrons. The third-order valence-electron chi connectivity index (χ3n) is 5.36. The molecule has 2 aliphatic heterocycles. The summed E-state index contributed by atoms with van der Waals surface area (Å²) >= 11 is 0. The van der Waals surface area contributed by atoms with Crippen LogP contribution in [0.3, 0.4) is 0 Å². The number of carbonyl (C=O) groups is 1. The van der Waals surface area contributed by atoms with E-state index < -0.39 is 0 Å². The number of rotatable bonds is 5. The van der Waals surface area contributed by atoms with Crippen molar-refractivity contribution in [3.8, 4) is 17.2 Å². The third-order valence-corrected chi connectivity index (χ3v) is 5.36. The van der Waals surface area contributed by atoms with Gasteiger partial charge in [-0.05, 0) is 48.9 Å². The lowest BCUT2D eigenvalue weighted by Gasteiger charge is -2.38. The SMILES string of the molecule is C[C@@H](C(=O)NCc1ccc2c(c1)OCO2)N1CCN(c2ccc(O)cc2)CC1. The molecule has 2 aromatic rings. The maximum Gasteiger partial charge on any atom is 0.237 e. The minimum absolute atomic E-state index is 0.0238. The molecule has 0 aliphatic carbocycles. The van der Waals surface area contributed by atoms with Crippen LogP contribution in [0.1, 0.15) is 12.5 Å². The number of ether oxygens (including phenoxy) is 2. The molecule has 2 N–H and O–H groups in total. The van der Waals surface area contributed by atoms with Crippen molar-refractivity contribution in [1.82, 2.24) is 10.2 Å². The number of hydrogen-bond acceptors (Lipinski definition) is 6. The molecule has 2 aromatic carbocycles. The van der Waals surface area contributed by atoms with Gasteiger partial charge < -0.3 is 24.8 Å². The fraction of sp³-hybridized carbons (Fsp3) is 0.381. The number of amides is 1. The monoisotopic (exact) mass is 383 g/mol. The van der Waals surface area contributed by atoms with E-state index in [1.165, 1.54) is 0 Å². The van der Waals surface area contributed by atoms with Crippen molar-refractivity contribution in [2.45, 2.75) is 19.5 Å². The number of piperazine rings is 1. The zero-order valence-corrected chi connectivity index (χ0v) is 15.9. The number of anilines is 1. The normalized spacial score (nSPS) is 17.4. The Morgan fingerprint density at radius 1 is 1.07 bits per heavy atom. The van der Waals surface area contributed by atoms with E-state index in [9.17, 15) is 9.90 Å². The zero-order chi connectivity index (χ0) is 19.5. The van der Waals surface area contributed by atoms with Gasteiger partial charge in [0.25, 0.3) is 0 Å². The third kappa shape index (κ3) is 3.99. The first-order chi connectivity index (χ1) is 13.6. The minimum atomic E-state index is -0.184. The molecule has 7 heteroatoms. The number of benzene rings is 2. The van der Waals surface area contributed by atoms with Crippen molar-refractivity contribution in [3.63, 3.8) is 0 Å². The maximum absolute atomic E-state index is 12.6. The van der Waals surface area contributed by atoms with E-state index in [2.05, 4.69) is 15.1 Å². The number of aromatic hydroxyl groups is 1. The van der Waals surface area contributed by atoms with Gasteiger partial charge in [-0.15, -0.1) is 0 Å². The number of nitrogens with zero attached hydrogens (tertiary/aromatic N) is 2. The average molecular weight is 383 g/mol. The van der Waals surface area contributed by atoms with Crippen LogP contribution in [-0.4, -0.2) is 54.9 Å².